The number of Topliss-reactive ketones (excluding diaryl/α,β-unsaturated/α-hetero) is 1. The number of carbonyl (C=O) groups is 2. The molecule has 156 valence electrons. The number of hydrogen-bond acceptors (Lipinski definition) is 6. The van der Waals surface area contributed by atoms with E-state index in [1.54, 1.807) is 13.8 Å². The Morgan fingerprint density at radius 1 is 1.03 bits per heavy atom. The van der Waals surface area contributed by atoms with Crippen LogP contribution in [0.4, 0.5) is 4.39 Å². The summed E-state index contributed by atoms with van der Waals surface area (Å²) < 4.78 is 50.4. The van der Waals surface area contributed by atoms with Gasteiger partial charge in [0.25, 0.3) is 0 Å². The van der Waals surface area contributed by atoms with E-state index in [4.69, 9.17) is 9.47 Å². The van der Waals surface area contributed by atoms with E-state index in [0.29, 0.717) is 5.75 Å². The van der Waals surface area contributed by atoms with Gasteiger partial charge in [-0.2, -0.15) is 4.72 Å². The third-order valence-corrected chi connectivity index (χ3v) is 5.54. The van der Waals surface area contributed by atoms with E-state index in [0.717, 1.165) is 12.1 Å². The van der Waals surface area contributed by atoms with Gasteiger partial charge >= 0.3 is 5.97 Å². The Balaban J connectivity index is 2.06. The molecule has 2 aromatic rings. The number of ketones is 1. The molecule has 0 aliphatic heterocycles. The lowest BCUT2D eigenvalue weighted by atomic mass is 10.1. The van der Waals surface area contributed by atoms with E-state index in [-0.39, 0.29) is 10.5 Å². The van der Waals surface area contributed by atoms with Crippen LogP contribution in [0.15, 0.2) is 53.4 Å². The Hall–Kier alpha value is -2.78. The van der Waals surface area contributed by atoms with Crippen LogP contribution < -0.4 is 9.46 Å². The summed E-state index contributed by atoms with van der Waals surface area (Å²) in [6.07, 6.45) is 0. The standard InChI is InChI=1S/C20H22FNO6S/c1-13(2)19(22-29(25,26)17-10-8-16(27-3)9-11-17)20(24)28-12-18(23)14-4-6-15(21)7-5-14/h4-11,13,19,22H,12H2,1-3H3. The van der Waals surface area contributed by atoms with E-state index >= 15 is 0 Å². The summed E-state index contributed by atoms with van der Waals surface area (Å²) in [6.45, 7) is 2.70. The van der Waals surface area contributed by atoms with Crippen LogP contribution in [-0.4, -0.2) is 39.9 Å². The molecule has 2 rings (SSSR count). The fourth-order valence-corrected chi connectivity index (χ4v) is 3.73. The molecule has 1 N–H and O–H groups in total. The number of rotatable bonds is 9. The van der Waals surface area contributed by atoms with Gasteiger partial charge in [-0.05, 0) is 54.4 Å². The average molecular weight is 423 g/mol. The zero-order valence-corrected chi connectivity index (χ0v) is 17.0. The first-order chi connectivity index (χ1) is 13.6. The van der Waals surface area contributed by atoms with Gasteiger partial charge in [-0.15, -0.1) is 0 Å². The first kappa shape index (κ1) is 22.5. The van der Waals surface area contributed by atoms with Crippen LogP contribution in [0.25, 0.3) is 0 Å². The van der Waals surface area contributed by atoms with Crippen LogP contribution in [0, 0.1) is 11.7 Å². The Morgan fingerprint density at radius 3 is 2.14 bits per heavy atom. The summed E-state index contributed by atoms with van der Waals surface area (Å²) in [7, 11) is -2.54. The molecule has 0 amide bonds. The maximum atomic E-state index is 12.9. The van der Waals surface area contributed by atoms with Gasteiger partial charge < -0.3 is 9.47 Å². The van der Waals surface area contributed by atoms with Crippen molar-refractivity contribution in [2.75, 3.05) is 13.7 Å². The minimum Gasteiger partial charge on any atom is -0.497 e. The maximum absolute atomic E-state index is 12.9. The van der Waals surface area contributed by atoms with Crippen LogP contribution in [-0.2, 0) is 19.6 Å². The third kappa shape index (κ3) is 6.10. The van der Waals surface area contributed by atoms with Crippen LogP contribution in [0.5, 0.6) is 5.75 Å². The number of nitrogens with one attached hydrogen (secondary N) is 1. The molecule has 0 aliphatic carbocycles. The molecular formula is C20H22FNO6S. The topological polar surface area (TPSA) is 98.8 Å². The molecule has 1 atom stereocenters. The largest absolute Gasteiger partial charge is 0.497 e. The average Bonchev–Trinajstić information content (AvgIpc) is 2.70. The van der Waals surface area contributed by atoms with Crippen molar-refractivity contribution in [3.63, 3.8) is 0 Å². The Morgan fingerprint density at radius 2 is 1.62 bits per heavy atom. The minimum atomic E-state index is -4.00. The second kappa shape index (κ2) is 9.62. The quantitative estimate of drug-likeness (QED) is 0.492. The fraction of sp³-hybridized carbons (Fsp3) is 0.300. The molecule has 0 aromatic heterocycles. The van der Waals surface area contributed by atoms with E-state index in [1.807, 2.05) is 0 Å². The van der Waals surface area contributed by atoms with Crippen molar-refractivity contribution in [3.8, 4) is 5.75 Å². The monoisotopic (exact) mass is 423 g/mol. The van der Waals surface area contributed by atoms with Crippen LogP contribution >= 0.6 is 0 Å². The van der Waals surface area contributed by atoms with Crippen LogP contribution in [0.1, 0.15) is 24.2 Å². The molecule has 0 radical (unpaired) electrons. The van der Waals surface area contributed by atoms with Crippen LogP contribution in [0.3, 0.4) is 0 Å². The number of esters is 1. The molecule has 0 bridgehead atoms. The Bertz CT molecular complexity index is 955. The highest BCUT2D eigenvalue weighted by atomic mass is 32.2. The van der Waals surface area contributed by atoms with Gasteiger partial charge in [-0.3, -0.25) is 9.59 Å². The lowest BCUT2D eigenvalue weighted by Crippen LogP contribution is -2.45. The Labute approximate surface area is 168 Å². The second-order valence-electron chi connectivity index (χ2n) is 6.56. The predicted molar refractivity (Wildman–Crippen MR) is 104 cm³/mol. The predicted octanol–water partition coefficient (Wildman–Crippen LogP) is 2.56. The highest BCUT2D eigenvalue weighted by molar-refractivity contribution is 7.89. The summed E-state index contributed by atoms with van der Waals surface area (Å²) in [5.74, 6) is -1.85. The van der Waals surface area contributed by atoms with Gasteiger partial charge in [-0.25, -0.2) is 12.8 Å². The molecule has 1 unspecified atom stereocenters. The zero-order valence-electron chi connectivity index (χ0n) is 16.2. The molecule has 0 fully saturated rings. The number of ether oxygens (including phenoxy) is 2. The van der Waals surface area contributed by atoms with E-state index in [2.05, 4.69) is 4.72 Å². The van der Waals surface area contributed by atoms with Crippen molar-refractivity contribution in [1.29, 1.82) is 0 Å². The minimum absolute atomic E-state index is 0.0425. The first-order valence-electron chi connectivity index (χ1n) is 8.76. The first-order valence-corrected chi connectivity index (χ1v) is 10.2. The van der Waals surface area contributed by atoms with Crippen molar-refractivity contribution >= 4 is 21.8 Å². The van der Waals surface area contributed by atoms with Crippen molar-refractivity contribution < 1.29 is 31.9 Å². The number of halogens is 1. The summed E-state index contributed by atoms with van der Waals surface area (Å²) >= 11 is 0. The van der Waals surface area contributed by atoms with Crippen molar-refractivity contribution in [2.45, 2.75) is 24.8 Å². The number of carbonyl (C=O) groups excluding carboxylic acids is 2. The van der Waals surface area contributed by atoms with Gasteiger partial charge in [0, 0.05) is 5.56 Å². The maximum Gasteiger partial charge on any atom is 0.324 e. The highest BCUT2D eigenvalue weighted by Gasteiger charge is 2.30. The molecule has 7 nitrogen and oxygen atoms in total. The normalized spacial score (nSPS) is 12.4. The lowest BCUT2D eigenvalue weighted by Gasteiger charge is -2.20. The highest BCUT2D eigenvalue weighted by Crippen LogP contribution is 2.17. The number of benzene rings is 2. The molecule has 0 spiro atoms. The van der Waals surface area contributed by atoms with E-state index in [9.17, 15) is 22.4 Å². The zero-order chi connectivity index (χ0) is 21.6. The van der Waals surface area contributed by atoms with Crippen molar-refractivity contribution in [3.05, 3.63) is 59.9 Å². The van der Waals surface area contributed by atoms with E-state index < -0.39 is 46.2 Å². The molecule has 0 aliphatic rings. The lowest BCUT2D eigenvalue weighted by molar-refractivity contribution is -0.145. The van der Waals surface area contributed by atoms with Crippen molar-refractivity contribution in [1.82, 2.24) is 4.72 Å². The molecule has 0 heterocycles. The van der Waals surface area contributed by atoms with Gasteiger partial charge in [0.05, 0.1) is 12.0 Å². The van der Waals surface area contributed by atoms with Gasteiger partial charge in [-0.1, -0.05) is 13.8 Å². The third-order valence-electron chi connectivity index (χ3n) is 4.08. The van der Waals surface area contributed by atoms with Gasteiger partial charge in [0.2, 0.25) is 10.0 Å². The molecule has 2 aromatic carbocycles. The summed E-state index contributed by atoms with van der Waals surface area (Å²) in [5.41, 5.74) is 0.180. The molecule has 9 heteroatoms. The number of hydrogen-bond donors (Lipinski definition) is 1. The second-order valence-corrected chi connectivity index (χ2v) is 8.27. The molecule has 0 saturated heterocycles. The Kier molecular flexibility index (Phi) is 7.46. The van der Waals surface area contributed by atoms with Gasteiger partial charge in [0.15, 0.2) is 12.4 Å². The smallest absolute Gasteiger partial charge is 0.324 e. The summed E-state index contributed by atoms with van der Waals surface area (Å²) in [4.78, 5) is 24.4. The molecule has 0 saturated carbocycles. The summed E-state index contributed by atoms with van der Waals surface area (Å²) in [5, 5.41) is 0. The number of sulfonamides is 1. The SMILES string of the molecule is COc1ccc(S(=O)(=O)NC(C(=O)OCC(=O)c2ccc(F)cc2)C(C)C)cc1. The van der Waals surface area contributed by atoms with Crippen molar-refractivity contribution in [2.24, 2.45) is 5.92 Å². The fourth-order valence-electron chi connectivity index (χ4n) is 2.39. The van der Waals surface area contributed by atoms with E-state index in [1.165, 1.54) is 43.5 Å². The molecular weight excluding hydrogens is 401 g/mol. The number of methoxy groups -OCH3 is 1. The molecule has 29 heavy (non-hydrogen) atoms. The van der Waals surface area contributed by atoms with Gasteiger partial charge in [0.1, 0.15) is 17.6 Å². The summed E-state index contributed by atoms with van der Waals surface area (Å²) in [6, 6.07) is 9.27. The van der Waals surface area contributed by atoms with Crippen LogP contribution in [0.2, 0.25) is 0 Å².